The van der Waals surface area contributed by atoms with Crippen LogP contribution < -0.4 is 26.8 Å². The fourth-order valence-corrected chi connectivity index (χ4v) is 2.75. The summed E-state index contributed by atoms with van der Waals surface area (Å²) in [5.74, 6) is 0.111. The summed E-state index contributed by atoms with van der Waals surface area (Å²) < 4.78 is 4.72. The molecule has 1 aromatic carbocycles. The van der Waals surface area contributed by atoms with Gasteiger partial charge in [0.05, 0.1) is 6.54 Å². The molecule has 0 spiro atoms. The number of nitrogens with one attached hydrogen (secondary N) is 3. The van der Waals surface area contributed by atoms with Gasteiger partial charge in [-0.3, -0.25) is 28.9 Å². The molecule has 150 valence electrons. The van der Waals surface area contributed by atoms with Crippen LogP contribution in [0, 0.1) is 0 Å². The van der Waals surface area contributed by atoms with Crippen molar-refractivity contribution in [2.75, 3.05) is 5.43 Å². The topological polar surface area (TPSA) is 114 Å². The maximum absolute atomic E-state index is 12.8. The molecule has 1 heterocycles. The summed E-state index contributed by atoms with van der Waals surface area (Å²) in [4.78, 5) is 47.7. The summed E-state index contributed by atoms with van der Waals surface area (Å²) >= 11 is 6.50. The average molecular weight is 426 g/mol. The molecular formula is C17H20ClN5O4S. The number of halogens is 1. The van der Waals surface area contributed by atoms with Gasteiger partial charge >= 0.3 is 11.7 Å². The zero-order valence-corrected chi connectivity index (χ0v) is 16.9. The standard InChI is InChI=1S/C17H20ClN5O4S/c1-3-8-22-15(25)9-14(19-20-16(26)21-28-11(2)24)23(17(22)27)10-12-4-6-13(18)7-5-12/h4-7,9,19H,3,8,10H2,1-2H3,(H2,20,21,26). The maximum Gasteiger partial charge on any atom is 0.343 e. The van der Waals surface area contributed by atoms with Crippen LogP contribution in [0.5, 0.6) is 0 Å². The minimum Gasteiger partial charge on any atom is -0.286 e. The molecule has 0 bridgehead atoms. The van der Waals surface area contributed by atoms with E-state index in [9.17, 15) is 19.2 Å². The number of aromatic nitrogens is 2. The summed E-state index contributed by atoms with van der Waals surface area (Å²) in [5.41, 5.74) is 4.64. The lowest BCUT2D eigenvalue weighted by atomic mass is 10.2. The van der Waals surface area contributed by atoms with E-state index < -0.39 is 17.3 Å². The first-order chi connectivity index (χ1) is 13.3. The minimum atomic E-state index is -0.705. The van der Waals surface area contributed by atoms with Gasteiger partial charge in [0.15, 0.2) is 0 Å². The van der Waals surface area contributed by atoms with E-state index in [1.807, 2.05) is 6.92 Å². The fourth-order valence-electron chi connectivity index (χ4n) is 2.34. The van der Waals surface area contributed by atoms with Crippen molar-refractivity contribution in [2.45, 2.75) is 33.4 Å². The van der Waals surface area contributed by atoms with Gasteiger partial charge in [-0.15, -0.1) is 0 Å². The van der Waals surface area contributed by atoms with Gasteiger partial charge < -0.3 is 0 Å². The lowest BCUT2D eigenvalue weighted by molar-refractivity contribution is -0.109. The van der Waals surface area contributed by atoms with Crippen molar-refractivity contribution in [2.24, 2.45) is 0 Å². The molecule has 28 heavy (non-hydrogen) atoms. The monoisotopic (exact) mass is 425 g/mol. The van der Waals surface area contributed by atoms with Gasteiger partial charge in [-0.2, -0.15) is 0 Å². The Kier molecular flexibility index (Phi) is 7.70. The van der Waals surface area contributed by atoms with E-state index in [2.05, 4.69) is 15.6 Å². The predicted molar refractivity (Wildman–Crippen MR) is 109 cm³/mol. The number of hydrogen-bond donors (Lipinski definition) is 3. The van der Waals surface area contributed by atoms with Crippen molar-refractivity contribution in [1.29, 1.82) is 0 Å². The molecule has 2 aromatic rings. The first-order valence-corrected chi connectivity index (χ1v) is 9.59. The van der Waals surface area contributed by atoms with Gasteiger partial charge in [0.2, 0.25) is 5.12 Å². The molecular weight excluding hydrogens is 406 g/mol. The zero-order chi connectivity index (χ0) is 20.7. The molecule has 11 heteroatoms. The second-order valence-corrected chi connectivity index (χ2v) is 7.21. The number of anilines is 1. The van der Waals surface area contributed by atoms with E-state index in [0.717, 1.165) is 10.1 Å². The fraction of sp³-hybridized carbons (Fsp3) is 0.294. The molecule has 0 saturated carbocycles. The molecule has 2 rings (SSSR count). The highest BCUT2D eigenvalue weighted by Gasteiger charge is 2.13. The largest absolute Gasteiger partial charge is 0.343 e. The van der Waals surface area contributed by atoms with Crippen LogP contribution in [-0.2, 0) is 17.9 Å². The van der Waals surface area contributed by atoms with Gasteiger partial charge in [-0.05, 0) is 24.1 Å². The number of carbonyl (C=O) groups excluding carboxylic acids is 2. The number of nitrogens with zero attached hydrogens (tertiary/aromatic N) is 2. The number of rotatable bonds is 6. The third kappa shape index (κ3) is 5.89. The van der Waals surface area contributed by atoms with E-state index in [4.69, 9.17) is 11.6 Å². The first kappa shape index (κ1) is 21.6. The number of amides is 2. The molecule has 0 unspecified atom stereocenters. The molecule has 0 saturated heterocycles. The highest BCUT2D eigenvalue weighted by molar-refractivity contribution is 8.12. The molecule has 9 nitrogen and oxygen atoms in total. The normalized spacial score (nSPS) is 10.4. The number of benzene rings is 1. The Morgan fingerprint density at radius 1 is 1.14 bits per heavy atom. The summed E-state index contributed by atoms with van der Waals surface area (Å²) in [6.45, 7) is 3.60. The Morgan fingerprint density at radius 3 is 2.43 bits per heavy atom. The van der Waals surface area contributed by atoms with Crippen LogP contribution in [0.15, 0.2) is 39.9 Å². The molecule has 0 aliphatic rings. The van der Waals surface area contributed by atoms with Crippen LogP contribution in [0.2, 0.25) is 5.02 Å². The van der Waals surface area contributed by atoms with Crippen molar-refractivity contribution in [3.05, 3.63) is 61.8 Å². The lowest BCUT2D eigenvalue weighted by Gasteiger charge is -2.17. The number of urea groups is 1. The SMILES string of the molecule is CCCn1c(=O)cc(NNC(=O)NSC(C)=O)n(Cc2ccc(Cl)cc2)c1=O. The lowest BCUT2D eigenvalue weighted by Crippen LogP contribution is -2.43. The van der Waals surface area contributed by atoms with Crippen molar-refractivity contribution >= 4 is 40.5 Å². The molecule has 0 aliphatic carbocycles. The second kappa shape index (κ2) is 10.00. The Morgan fingerprint density at radius 2 is 1.82 bits per heavy atom. The van der Waals surface area contributed by atoms with E-state index >= 15 is 0 Å². The molecule has 0 radical (unpaired) electrons. The Bertz CT molecular complexity index is 971. The zero-order valence-electron chi connectivity index (χ0n) is 15.3. The van der Waals surface area contributed by atoms with Crippen LogP contribution >= 0.6 is 23.5 Å². The van der Waals surface area contributed by atoms with Crippen LogP contribution in [0.1, 0.15) is 25.8 Å². The van der Waals surface area contributed by atoms with Gasteiger partial charge in [0.1, 0.15) is 5.82 Å². The summed E-state index contributed by atoms with van der Waals surface area (Å²) in [5, 5.41) is 0.267. The van der Waals surface area contributed by atoms with Crippen LogP contribution in [-0.4, -0.2) is 20.3 Å². The van der Waals surface area contributed by atoms with E-state index in [-0.39, 0.29) is 24.0 Å². The van der Waals surface area contributed by atoms with Crippen molar-refractivity contribution in [3.63, 3.8) is 0 Å². The van der Waals surface area contributed by atoms with Crippen molar-refractivity contribution in [3.8, 4) is 0 Å². The van der Waals surface area contributed by atoms with Gasteiger partial charge in [0.25, 0.3) is 5.56 Å². The molecule has 0 fully saturated rings. The molecule has 2 amide bonds. The maximum atomic E-state index is 12.8. The predicted octanol–water partition coefficient (Wildman–Crippen LogP) is 1.94. The molecule has 3 N–H and O–H groups in total. The van der Waals surface area contributed by atoms with Gasteiger partial charge in [0, 0.05) is 36.5 Å². The third-order valence-electron chi connectivity index (χ3n) is 3.57. The van der Waals surface area contributed by atoms with Crippen LogP contribution in [0.3, 0.4) is 0 Å². The van der Waals surface area contributed by atoms with Crippen LogP contribution in [0.25, 0.3) is 0 Å². The summed E-state index contributed by atoms with van der Waals surface area (Å²) in [6, 6.07) is 7.44. The average Bonchev–Trinajstić information content (AvgIpc) is 2.65. The quantitative estimate of drug-likeness (QED) is 0.481. The second-order valence-electron chi connectivity index (χ2n) is 5.79. The van der Waals surface area contributed by atoms with Crippen molar-refractivity contribution < 1.29 is 9.59 Å². The Balaban J connectivity index is 2.33. The smallest absolute Gasteiger partial charge is 0.286 e. The Hall–Kier alpha value is -2.72. The van der Waals surface area contributed by atoms with E-state index in [1.54, 1.807) is 24.3 Å². The van der Waals surface area contributed by atoms with E-state index in [0.29, 0.717) is 23.4 Å². The third-order valence-corrected chi connectivity index (χ3v) is 4.40. The summed E-state index contributed by atoms with van der Waals surface area (Å²) in [7, 11) is 0. The van der Waals surface area contributed by atoms with Gasteiger partial charge in [-0.1, -0.05) is 30.7 Å². The van der Waals surface area contributed by atoms with E-state index in [1.165, 1.54) is 17.6 Å². The number of hydrazine groups is 1. The Labute approximate surface area is 170 Å². The number of hydrogen-bond acceptors (Lipinski definition) is 6. The highest BCUT2D eigenvalue weighted by atomic mass is 35.5. The highest BCUT2D eigenvalue weighted by Crippen LogP contribution is 2.12. The molecule has 1 aromatic heterocycles. The number of carbonyl (C=O) groups is 2. The van der Waals surface area contributed by atoms with Crippen molar-refractivity contribution in [1.82, 2.24) is 19.3 Å². The minimum absolute atomic E-state index is 0.111. The van der Waals surface area contributed by atoms with Crippen LogP contribution in [0.4, 0.5) is 10.6 Å². The summed E-state index contributed by atoms with van der Waals surface area (Å²) in [6.07, 6.45) is 0.617. The molecule has 0 atom stereocenters. The molecule has 0 aliphatic heterocycles. The first-order valence-electron chi connectivity index (χ1n) is 8.40. The van der Waals surface area contributed by atoms with Gasteiger partial charge in [-0.25, -0.2) is 15.0 Å².